The van der Waals surface area contributed by atoms with Crippen LogP contribution in [0.3, 0.4) is 0 Å². The Bertz CT molecular complexity index is 467. The van der Waals surface area contributed by atoms with Crippen LogP contribution in [-0.2, 0) is 22.4 Å². The van der Waals surface area contributed by atoms with Gasteiger partial charge in [0.25, 0.3) is 0 Å². The van der Waals surface area contributed by atoms with Crippen molar-refractivity contribution in [3.05, 3.63) is 47.8 Å². The summed E-state index contributed by atoms with van der Waals surface area (Å²) < 4.78 is 18.0. The molecular weight excluding hydrogens is 219 g/mol. The van der Waals surface area contributed by atoms with Crippen molar-refractivity contribution in [1.29, 1.82) is 0 Å². The van der Waals surface area contributed by atoms with Gasteiger partial charge in [0.05, 0.1) is 12.5 Å². The third-order valence-electron chi connectivity index (χ3n) is 3.38. The first-order valence-electron chi connectivity index (χ1n) is 5.58. The van der Waals surface area contributed by atoms with Gasteiger partial charge in [0.2, 0.25) is 0 Å². The summed E-state index contributed by atoms with van der Waals surface area (Å²) in [5.41, 5.74) is 1.34. The van der Waals surface area contributed by atoms with Crippen molar-refractivity contribution < 1.29 is 13.9 Å². The highest BCUT2D eigenvalue weighted by molar-refractivity contribution is 5.79. The van der Waals surface area contributed by atoms with Crippen LogP contribution in [0.25, 0.3) is 0 Å². The number of hydrogen-bond donors (Lipinski definition) is 0. The fourth-order valence-electron chi connectivity index (χ4n) is 2.59. The molecule has 2 nitrogen and oxygen atoms in total. The van der Waals surface area contributed by atoms with Crippen LogP contribution < -0.4 is 0 Å². The number of ether oxygens (including phenoxy) is 1. The lowest BCUT2D eigenvalue weighted by Crippen LogP contribution is -2.32. The van der Waals surface area contributed by atoms with E-state index in [2.05, 4.69) is 6.58 Å². The Labute approximate surface area is 100 Å². The number of allylic oxidation sites excluding steroid dienone is 1. The summed E-state index contributed by atoms with van der Waals surface area (Å²) in [4.78, 5) is 11.9. The quantitative estimate of drug-likeness (QED) is 0.593. The molecule has 1 atom stereocenters. The lowest BCUT2D eigenvalue weighted by atomic mass is 9.81. The number of carbonyl (C=O) groups excluding carboxylic acids is 1. The molecule has 0 spiro atoms. The van der Waals surface area contributed by atoms with Gasteiger partial charge in [0, 0.05) is 0 Å². The van der Waals surface area contributed by atoms with Gasteiger partial charge >= 0.3 is 5.97 Å². The molecule has 1 aliphatic carbocycles. The molecule has 1 aliphatic rings. The van der Waals surface area contributed by atoms with Gasteiger partial charge in [-0.15, -0.1) is 6.58 Å². The van der Waals surface area contributed by atoms with Gasteiger partial charge in [-0.1, -0.05) is 12.1 Å². The summed E-state index contributed by atoms with van der Waals surface area (Å²) >= 11 is 0. The number of methoxy groups -OCH3 is 1. The number of esters is 1. The molecule has 0 saturated heterocycles. The van der Waals surface area contributed by atoms with E-state index in [4.69, 9.17) is 4.74 Å². The third kappa shape index (κ3) is 1.97. The van der Waals surface area contributed by atoms with Gasteiger partial charge in [0.1, 0.15) is 5.82 Å². The van der Waals surface area contributed by atoms with E-state index >= 15 is 0 Å². The molecule has 0 heterocycles. The lowest BCUT2D eigenvalue weighted by Gasteiger charge is -2.24. The Kier molecular flexibility index (Phi) is 3.01. The molecule has 3 heteroatoms. The molecule has 0 N–H and O–H groups in total. The first-order valence-corrected chi connectivity index (χ1v) is 5.58. The number of carbonyl (C=O) groups is 1. The SMILES string of the molecule is C=CCC1(C(=O)OC)Cc2ccc(F)cc2C1. The first-order chi connectivity index (χ1) is 8.11. The van der Waals surface area contributed by atoms with Crippen LogP contribution in [0.2, 0.25) is 0 Å². The average molecular weight is 234 g/mol. The Hall–Kier alpha value is -1.64. The van der Waals surface area contributed by atoms with E-state index in [1.807, 2.05) is 0 Å². The predicted octanol–water partition coefficient (Wildman–Crippen LogP) is 2.66. The van der Waals surface area contributed by atoms with E-state index < -0.39 is 5.41 Å². The highest BCUT2D eigenvalue weighted by Gasteiger charge is 2.43. The van der Waals surface area contributed by atoms with E-state index in [-0.39, 0.29) is 11.8 Å². The van der Waals surface area contributed by atoms with Gasteiger partial charge in [-0.3, -0.25) is 4.79 Å². The van der Waals surface area contributed by atoms with Crippen LogP contribution in [0, 0.1) is 11.2 Å². The normalized spacial score (nSPS) is 22.0. The smallest absolute Gasteiger partial charge is 0.312 e. The summed E-state index contributed by atoms with van der Waals surface area (Å²) in [6, 6.07) is 4.68. The maximum absolute atomic E-state index is 13.1. The van der Waals surface area contributed by atoms with Crippen LogP contribution in [-0.4, -0.2) is 13.1 Å². The molecule has 2 rings (SSSR count). The van der Waals surface area contributed by atoms with Crippen molar-refractivity contribution in [3.8, 4) is 0 Å². The number of rotatable bonds is 3. The van der Waals surface area contributed by atoms with Gasteiger partial charge in [-0.25, -0.2) is 4.39 Å². The Morgan fingerprint density at radius 1 is 1.53 bits per heavy atom. The van der Waals surface area contributed by atoms with Crippen LogP contribution in [0.4, 0.5) is 4.39 Å². The molecule has 0 aromatic heterocycles. The van der Waals surface area contributed by atoms with Gasteiger partial charge in [-0.2, -0.15) is 0 Å². The predicted molar refractivity (Wildman–Crippen MR) is 63.1 cm³/mol. The zero-order valence-electron chi connectivity index (χ0n) is 9.83. The second-order valence-corrected chi connectivity index (χ2v) is 4.53. The molecule has 1 unspecified atom stereocenters. The van der Waals surface area contributed by atoms with Gasteiger partial charge in [0.15, 0.2) is 0 Å². The third-order valence-corrected chi connectivity index (χ3v) is 3.38. The summed E-state index contributed by atoms with van der Waals surface area (Å²) in [6.07, 6.45) is 3.40. The lowest BCUT2D eigenvalue weighted by molar-refractivity contribution is -0.152. The van der Waals surface area contributed by atoms with E-state index in [0.29, 0.717) is 19.3 Å². The highest BCUT2D eigenvalue weighted by Crippen LogP contribution is 2.41. The molecule has 0 bridgehead atoms. The van der Waals surface area contributed by atoms with E-state index in [9.17, 15) is 9.18 Å². The molecule has 1 aromatic carbocycles. The largest absolute Gasteiger partial charge is 0.469 e. The zero-order chi connectivity index (χ0) is 12.5. The van der Waals surface area contributed by atoms with Crippen molar-refractivity contribution in [3.63, 3.8) is 0 Å². The second kappa shape index (κ2) is 4.32. The summed E-state index contributed by atoms with van der Waals surface area (Å²) in [7, 11) is 1.39. The van der Waals surface area contributed by atoms with Crippen LogP contribution in [0.15, 0.2) is 30.9 Å². The summed E-state index contributed by atoms with van der Waals surface area (Å²) in [5.74, 6) is -0.503. The van der Waals surface area contributed by atoms with Crippen LogP contribution in [0.5, 0.6) is 0 Å². The Morgan fingerprint density at radius 2 is 2.24 bits per heavy atom. The van der Waals surface area contributed by atoms with E-state index in [1.54, 1.807) is 12.1 Å². The average Bonchev–Trinajstić information content (AvgIpc) is 2.67. The fourth-order valence-corrected chi connectivity index (χ4v) is 2.59. The van der Waals surface area contributed by atoms with Crippen molar-refractivity contribution in [2.45, 2.75) is 19.3 Å². The number of hydrogen-bond acceptors (Lipinski definition) is 2. The van der Waals surface area contributed by atoms with Crippen LogP contribution >= 0.6 is 0 Å². The maximum Gasteiger partial charge on any atom is 0.312 e. The minimum absolute atomic E-state index is 0.242. The number of halogens is 1. The molecular formula is C14H15FO2. The summed E-state index contributed by atoms with van der Waals surface area (Å²) in [5, 5.41) is 0. The maximum atomic E-state index is 13.1. The minimum atomic E-state index is -0.591. The van der Waals surface area contributed by atoms with Crippen molar-refractivity contribution in [2.24, 2.45) is 5.41 Å². The molecule has 17 heavy (non-hydrogen) atoms. The number of benzene rings is 1. The van der Waals surface area contributed by atoms with Crippen molar-refractivity contribution in [2.75, 3.05) is 7.11 Å². The van der Waals surface area contributed by atoms with Gasteiger partial charge < -0.3 is 4.74 Å². The number of fused-ring (bicyclic) bond motifs is 1. The second-order valence-electron chi connectivity index (χ2n) is 4.53. The van der Waals surface area contributed by atoms with Crippen molar-refractivity contribution >= 4 is 5.97 Å². The standard InChI is InChI=1S/C14H15FO2/c1-3-6-14(13(16)17-2)8-10-4-5-12(15)7-11(10)9-14/h3-5,7H,1,6,8-9H2,2H3. The molecule has 90 valence electrons. The highest BCUT2D eigenvalue weighted by atomic mass is 19.1. The zero-order valence-corrected chi connectivity index (χ0v) is 9.83. The molecule has 0 saturated carbocycles. The molecule has 0 aliphatic heterocycles. The van der Waals surface area contributed by atoms with Gasteiger partial charge in [-0.05, 0) is 42.5 Å². The molecule has 1 aromatic rings. The topological polar surface area (TPSA) is 26.3 Å². The Morgan fingerprint density at radius 3 is 2.88 bits per heavy atom. The molecule has 0 amide bonds. The molecule has 0 radical (unpaired) electrons. The minimum Gasteiger partial charge on any atom is -0.469 e. The van der Waals surface area contributed by atoms with E-state index in [0.717, 1.165) is 11.1 Å². The summed E-state index contributed by atoms with van der Waals surface area (Å²) in [6.45, 7) is 3.68. The first kappa shape index (κ1) is 11.8. The molecule has 0 fully saturated rings. The Balaban J connectivity index is 2.36. The van der Waals surface area contributed by atoms with Crippen LogP contribution in [0.1, 0.15) is 17.5 Å². The monoisotopic (exact) mass is 234 g/mol. The fraction of sp³-hybridized carbons (Fsp3) is 0.357. The van der Waals surface area contributed by atoms with Crippen molar-refractivity contribution in [1.82, 2.24) is 0 Å². The van der Waals surface area contributed by atoms with E-state index in [1.165, 1.54) is 19.2 Å².